The van der Waals surface area contributed by atoms with Gasteiger partial charge in [-0.2, -0.15) is 0 Å². The van der Waals surface area contributed by atoms with Crippen LogP contribution in [0.5, 0.6) is 5.75 Å². The summed E-state index contributed by atoms with van der Waals surface area (Å²) in [5.74, 6) is -0.365. The third kappa shape index (κ3) is 5.34. The van der Waals surface area contributed by atoms with Gasteiger partial charge in [-0.05, 0) is 74.7 Å². The molecule has 3 N–H and O–H groups in total. The minimum absolute atomic E-state index is 0.0293. The van der Waals surface area contributed by atoms with E-state index in [2.05, 4.69) is 12.2 Å². The minimum Gasteiger partial charge on any atom is -0.484 e. The number of carbonyl (C=O) groups is 3. The molecule has 7 nitrogen and oxygen atoms in total. The second-order valence-electron chi connectivity index (χ2n) is 7.15. The van der Waals surface area contributed by atoms with Crippen molar-refractivity contribution >= 4 is 23.4 Å². The smallest absolute Gasteiger partial charge is 0.255 e. The summed E-state index contributed by atoms with van der Waals surface area (Å²) in [7, 11) is 0. The molecule has 1 aliphatic rings. The molecule has 29 heavy (non-hydrogen) atoms. The van der Waals surface area contributed by atoms with Crippen LogP contribution in [0.3, 0.4) is 0 Å². The van der Waals surface area contributed by atoms with Crippen molar-refractivity contribution in [3.63, 3.8) is 0 Å². The molecule has 1 aliphatic heterocycles. The van der Waals surface area contributed by atoms with Crippen LogP contribution in [-0.2, 0) is 4.79 Å². The number of nitrogens with two attached hydrogens (primary N) is 1. The second-order valence-corrected chi connectivity index (χ2v) is 7.15. The summed E-state index contributed by atoms with van der Waals surface area (Å²) in [6.45, 7) is 2.65. The van der Waals surface area contributed by atoms with Crippen molar-refractivity contribution in [1.82, 2.24) is 4.90 Å². The maximum absolute atomic E-state index is 12.7. The Morgan fingerprint density at radius 3 is 2.31 bits per heavy atom. The number of nitrogens with zero attached hydrogens (tertiary/aromatic N) is 1. The number of piperidine rings is 1. The van der Waals surface area contributed by atoms with E-state index in [1.807, 2.05) is 4.90 Å². The van der Waals surface area contributed by atoms with Crippen molar-refractivity contribution in [1.29, 1.82) is 0 Å². The number of amides is 3. The van der Waals surface area contributed by atoms with Gasteiger partial charge >= 0.3 is 0 Å². The maximum Gasteiger partial charge on any atom is 0.255 e. The molecular formula is C22H25N3O4. The highest BCUT2D eigenvalue weighted by molar-refractivity contribution is 6.04. The predicted molar refractivity (Wildman–Crippen MR) is 110 cm³/mol. The molecule has 0 aromatic heterocycles. The van der Waals surface area contributed by atoms with E-state index in [9.17, 15) is 14.4 Å². The first-order chi connectivity index (χ1) is 13.9. The summed E-state index contributed by atoms with van der Waals surface area (Å²) in [4.78, 5) is 37.7. The Kier molecular flexibility index (Phi) is 6.49. The highest BCUT2D eigenvalue weighted by Gasteiger charge is 2.24. The van der Waals surface area contributed by atoms with Crippen LogP contribution < -0.4 is 15.8 Å². The van der Waals surface area contributed by atoms with Gasteiger partial charge < -0.3 is 20.7 Å². The molecule has 0 radical (unpaired) electrons. The van der Waals surface area contributed by atoms with Crippen LogP contribution >= 0.6 is 0 Å². The summed E-state index contributed by atoms with van der Waals surface area (Å²) >= 11 is 0. The van der Waals surface area contributed by atoms with Crippen molar-refractivity contribution in [3.05, 3.63) is 59.7 Å². The van der Waals surface area contributed by atoms with Gasteiger partial charge in [0.15, 0.2) is 6.61 Å². The van der Waals surface area contributed by atoms with Crippen molar-refractivity contribution in [2.45, 2.75) is 32.2 Å². The minimum atomic E-state index is -0.566. The quantitative estimate of drug-likeness (QED) is 0.785. The lowest BCUT2D eigenvalue weighted by molar-refractivity contribution is -0.119. The Bertz CT molecular complexity index is 878. The molecule has 0 saturated carbocycles. The van der Waals surface area contributed by atoms with Gasteiger partial charge in [-0.25, -0.2) is 0 Å². The van der Waals surface area contributed by atoms with Crippen LogP contribution in [0.25, 0.3) is 0 Å². The largest absolute Gasteiger partial charge is 0.484 e. The molecule has 2 aromatic rings. The Morgan fingerprint density at radius 1 is 1.03 bits per heavy atom. The normalized spacial score (nSPS) is 16.2. The third-order valence-electron chi connectivity index (χ3n) is 4.95. The number of carbonyl (C=O) groups excluding carboxylic acids is 3. The molecular weight excluding hydrogens is 370 g/mol. The fourth-order valence-electron chi connectivity index (χ4n) is 3.32. The zero-order chi connectivity index (χ0) is 20.8. The van der Waals surface area contributed by atoms with E-state index in [1.165, 1.54) is 0 Å². The van der Waals surface area contributed by atoms with Gasteiger partial charge in [0.05, 0.1) is 0 Å². The number of rotatable bonds is 6. The van der Waals surface area contributed by atoms with Gasteiger partial charge in [-0.3, -0.25) is 14.4 Å². The highest BCUT2D eigenvalue weighted by atomic mass is 16.5. The molecule has 1 heterocycles. The second kappa shape index (κ2) is 9.23. The van der Waals surface area contributed by atoms with Gasteiger partial charge in [-0.1, -0.05) is 0 Å². The Balaban J connectivity index is 1.59. The predicted octanol–water partition coefficient (Wildman–Crippen LogP) is 2.82. The van der Waals surface area contributed by atoms with Gasteiger partial charge in [-0.15, -0.1) is 0 Å². The van der Waals surface area contributed by atoms with Gasteiger partial charge in [0.2, 0.25) is 0 Å². The number of ether oxygens (including phenoxy) is 1. The van der Waals surface area contributed by atoms with E-state index in [4.69, 9.17) is 10.5 Å². The first-order valence-electron chi connectivity index (χ1n) is 9.67. The van der Waals surface area contributed by atoms with Crippen molar-refractivity contribution in [2.24, 2.45) is 5.73 Å². The van der Waals surface area contributed by atoms with E-state index in [1.54, 1.807) is 48.5 Å². The van der Waals surface area contributed by atoms with E-state index in [0.717, 1.165) is 25.8 Å². The van der Waals surface area contributed by atoms with Crippen molar-refractivity contribution in [3.8, 4) is 5.75 Å². The van der Waals surface area contributed by atoms with Crippen LogP contribution in [0.15, 0.2) is 48.5 Å². The molecule has 1 unspecified atom stereocenters. The number of hydrogen-bond acceptors (Lipinski definition) is 4. The lowest BCUT2D eigenvalue weighted by atomic mass is 10.0. The molecule has 7 heteroatoms. The molecule has 3 rings (SSSR count). The number of benzene rings is 2. The van der Waals surface area contributed by atoms with Gasteiger partial charge in [0.1, 0.15) is 5.75 Å². The fraction of sp³-hybridized carbons (Fsp3) is 0.318. The number of likely N-dealkylation sites (tertiary alicyclic amines) is 1. The average molecular weight is 395 g/mol. The zero-order valence-electron chi connectivity index (χ0n) is 16.4. The topological polar surface area (TPSA) is 102 Å². The summed E-state index contributed by atoms with van der Waals surface area (Å²) in [6, 6.07) is 13.6. The standard InChI is InChI=1S/C22H25N3O4/c1-15-4-2-3-13-25(15)22(28)17-5-9-18(10-6-17)24-21(27)16-7-11-19(12-8-16)29-14-20(23)26/h5-12,15H,2-4,13-14H2,1H3,(H2,23,26)(H,24,27). The summed E-state index contributed by atoms with van der Waals surface area (Å²) < 4.78 is 5.17. The van der Waals surface area contributed by atoms with E-state index in [-0.39, 0.29) is 24.5 Å². The molecule has 1 saturated heterocycles. The van der Waals surface area contributed by atoms with E-state index in [0.29, 0.717) is 22.6 Å². The number of anilines is 1. The average Bonchev–Trinajstić information content (AvgIpc) is 2.73. The molecule has 0 bridgehead atoms. The molecule has 0 aliphatic carbocycles. The first kappa shape index (κ1) is 20.4. The third-order valence-corrected chi connectivity index (χ3v) is 4.95. The van der Waals surface area contributed by atoms with Crippen LogP contribution in [0, 0.1) is 0 Å². The maximum atomic E-state index is 12.7. The van der Waals surface area contributed by atoms with E-state index < -0.39 is 5.91 Å². The van der Waals surface area contributed by atoms with Crippen LogP contribution in [0.1, 0.15) is 46.9 Å². The van der Waals surface area contributed by atoms with Crippen LogP contribution in [-0.4, -0.2) is 41.8 Å². The molecule has 3 amide bonds. The molecule has 1 atom stereocenters. The van der Waals surface area contributed by atoms with Crippen molar-refractivity contribution in [2.75, 3.05) is 18.5 Å². The molecule has 2 aromatic carbocycles. The van der Waals surface area contributed by atoms with Crippen molar-refractivity contribution < 1.29 is 19.1 Å². The van der Waals surface area contributed by atoms with Gasteiger partial charge in [0, 0.05) is 29.4 Å². The molecule has 1 fully saturated rings. The van der Waals surface area contributed by atoms with E-state index >= 15 is 0 Å². The van der Waals surface area contributed by atoms with Crippen LogP contribution in [0.4, 0.5) is 5.69 Å². The Hall–Kier alpha value is -3.35. The summed E-state index contributed by atoms with van der Waals surface area (Å²) in [5, 5.41) is 2.80. The lowest BCUT2D eigenvalue weighted by Crippen LogP contribution is -2.42. The highest BCUT2D eigenvalue weighted by Crippen LogP contribution is 2.20. The summed E-state index contributed by atoms with van der Waals surface area (Å²) in [6.07, 6.45) is 3.23. The number of nitrogens with one attached hydrogen (secondary N) is 1. The van der Waals surface area contributed by atoms with Crippen LogP contribution in [0.2, 0.25) is 0 Å². The monoisotopic (exact) mass is 395 g/mol. The SMILES string of the molecule is CC1CCCCN1C(=O)c1ccc(NC(=O)c2ccc(OCC(N)=O)cc2)cc1. The molecule has 152 valence electrons. The Morgan fingerprint density at radius 2 is 1.69 bits per heavy atom. The zero-order valence-corrected chi connectivity index (χ0v) is 16.4. The van der Waals surface area contributed by atoms with Gasteiger partial charge in [0.25, 0.3) is 17.7 Å². The summed E-state index contributed by atoms with van der Waals surface area (Å²) in [5.41, 5.74) is 6.70. The molecule has 0 spiro atoms. The number of primary amides is 1. The fourth-order valence-corrected chi connectivity index (χ4v) is 3.32. The number of hydrogen-bond donors (Lipinski definition) is 2. The lowest BCUT2D eigenvalue weighted by Gasteiger charge is -2.33. The first-order valence-corrected chi connectivity index (χ1v) is 9.67. The Labute approximate surface area is 169 Å².